The molecule has 2 aromatic heterocycles. The Kier molecular flexibility index (Phi) is 10.7. The van der Waals surface area contributed by atoms with E-state index < -0.39 is 29.7 Å². The van der Waals surface area contributed by atoms with E-state index >= 15 is 0 Å². The summed E-state index contributed by atoms with van der Waals surface area (Å²) in [6, 6.07) is 26.8. The van der Waals surface area contributed by atoms with Crippen LogP contribution in [0, 0.1) is 12.8 Å². The van der Waals surface area contributed by atoms with Gasteiger partial charge in [0.2, 0.25) is 11.8 Å². The lowest BCUT2D eigenvalue weighted by Gasteiger charge is -2.40. The second kappa shape index (κ2) is 16.8. The van der Waals surface area contributed by atoms with Gasteiger partial charge in [-0.3, -0.25) is 44.2 Å². The average Bonchev–Trinajstić information content (AvgIpc) is 4.19. The number of hydrogen-bond acceptors (Lipinski definition) is 12. The molecule has 0 spiro atoms. The van der Waals surface area contributed by atoms with E-state index in [-0.39, 0.29) is 30.1 Å². The molecule has 4 saturated heterocycles. The number of aromatic amines is 1. The van der Waals surface area contributed by atoms with Gasteiger partial charge in [-0.15, -0.1) is 0 Å². The normalized spacial score (nSPS) is 21.1. The standard InChI is InChI=1S/C52H54N10O6/c1-29-21-33(5-6-34(29)25-53-47(65)48-55-51(58-68-48)52(2,3)4)45-41-22-32(9-14-42(41)56-57-45)31-7-10-35(11-8-31)59-19-17-30(18-20-59)26-60-27-38-23-37(60)28-61(38)36-12-13-39-40(24-36)50(67)62(49(39)66)43-15-16-44(63)54-46(43)64/h5-14,21-22,24,30,37-38,43H,15-20,23,25-28H2,1-4H3,(H,53,65)(H,56,57)(H,54,63,64)/t37-,38-,43?/m1/s1. The van der Waals surface area contributed by atoms with Gasteiger partial charge in [0.05, 0.1) is 22.3 Å². The summed E-state index contributed by atoms with van der Waals surface area (Å²) in [6.07, 6.45) is 3.59. The average molecular weight is 915 g/mol. The number of piperidine rings is 2. The van der Waals surface area contributed by atoms with Gasteiger partial charge >= 0.3 is 11.8 Å². The number of H-pyrrole nitrogens is 1. The van der Waals surface area contributed by atoms with E-state index in [1.54, 1.807) is 6.07 Å². The van der Waals surface area contributed by atoms with Gasteiger partial charge in [-0.05, 0) is 109 Å². The minimum Gasteiger partial charge on any atom is -0.372 e. The third-order valence-electron chi connectivity index (χ3n) is 14.7. The van der Waals surface area contributed by atoms with Gasteiger partial charge in [0.25, 0.3) is 11.8 Å². The van der Waals surface area contributed by atoms with E-state index in [4.69, 9.17) is 9.62 Å². The maximum atomic E-state index is 13.5. The molecule has 2 bridgehead atoms. The largest absolute Gasteiger partial charge is 0.372 e. The Hall–Kier alpha value is -7.20. The predicted molar refractivity (Wildman–Crippen MR) is 255 cm³/mol. The van der Waals surface area contributed by atoms with E-state index in [1.807, 2.05) is 52.0 Å². The number of nitrogens with one attached hydrogen (secondary N) is 3. The summed E-state index contributed by atoms with van der Waals surface area (Å²) in [5.74, 6) is -1.26. The van der Waals surface area contributed by atoms with Gasteiger partial charge in [0.15, 0.2) is 5.82 Å². The van der Waals surface area contributed by atoms with Crippen LogP contribution >= 0.6 is 0 Å². The highest BCUT2D eigenvalue weighted by atomic mass is 16.5. The van der Waals surface area contributed by atoms with Crippen molar-refractivity contribution in [3.8, 4) is 22.4 Å². The molecule has 6 aromatic rings. The number of piperazine rings is 1. The summed E-state index contributed by atoms with van der Waals surface area (Å²) >= 11 is 0. The molecule has 4 aromatic carbocycles. The number of imide groups is 2. The number of benzene rings is 4. The van der Waals surface area contributed by atoms with Crippen LogP contribution in [0.25, 0.3) is 33.3 Å². The zero-order valence-electron chi connectivity index (χ0n) is 38.7. The van der Waals surface area contributed by atoms with Gasteiger partial charge in [-0.25, -0.2) is 0 Å². The summed E-state index contributed by atoms with van der Waals surface area (Å²) in [6.45, 7) is 13.2. The predicted octanol–water partition coefficient (Wildman–Crippen LogP) is 6.40. The van der Waals surface area contributed by atoms with Crippen LogP contribution in [-0.2, 0) is 21.5 Å². The topological polar surface area (TPSA) is 190 Å². The summed E-state index contributed by atoms with van der Waals surface area (Å²) in [7, 11) is 0. The number of rotatable bonds is 10. The fourth-order valence-electron chi connectivity index (χ4n) is 10.8. The maximum Gasteiger partial charge on any atom is 0.315 e. The quantitative estimate of drug-likeness (QED) is 0.129. The SMILES string of the molecule is Cc1cc(-c2n[nH]c3ccc(-c4ccc(N5CCC(CN6C[C@H]7C[C@@H]6CN7c6ccc7c(c6)C(=O)N(C6CCC(=O)NC6=O)C7=O)CC5)cc4)cc23)ccc1CNC(=O)c1nc(C(C)(C)C)no1. The van der Waals surface area contributed by atoms with Gasteiger partial charge < -0.3 is 19.6 Å². The number of nitrogens with zero attached hydrogens (tertiary/aromatic N) is 7. The van der Waals surface area contributed by atoms with Crippen molar-refractivity contribution in [3.63, 3.8) is 0 Å². The molecule has 4 fully saturated rings. The van der Waals surface area contributed by atoms with Crippen LogP contribution in [0.2, 0.25) is 0 Å². The Morgan fingerprint density at radius 2 is 1.57 bits per heavy atom. The molecule has 3 atom stereocenters. The zero-order chi connectivity index (χ0) is 47.0. The molecule has 3 N–H and O–H groups in total. The van der Waals surface area contributed by atoms with Crippen molar-refractivity contribution in [1.29, 1.82) is 0 Å². The lowest BCUT2D eigenvalue weighted by Crippen LogP contribution is -2.54. The van der Waals surface area contributed by atoms with Crippen LogP contribution in [0.5, 0.6) is 0 Å². The Balaban J connectivity index is 0.676. The molecular weight excluding hydrogens is 861 g/mol. The van der Waals surface area contributed by atoms with Crippen molar-refractivity contribution in [2.45, 2.75) is 89.9 Å². The minimum atomic E-state index is -0.968. The second-order valence-electron chi connectivity index (χ2n) is 20.1. The van der Waals surface area contributed by atoms with E-state index in [2.05, 4.69) is 89.1 Å². The molecule has 7 heterocycles. The molecule has 16 nitrogen and oxygen atoms in total. The minimum absolute atomic E-state index is 0.0448. The molecule has 5 amide bonds. The number of aromatic nitrogens is 4. The van der Waals surface area contributed by atoms with Crippen molar-refractivity contribution in [2.24, 2.45) is 5.92 Å². The molecule has 16 heteroatoms. The first-order chi connectivity index (χ1) is 32.7. The van der Waals surface area contributed by atoms with E-state index in [9.17, 15) is 24.0 Å². The Labute approximate surface area is 393 Å². The van der Waals surface area contributed by atoms with Crippen LogP contribution in [0.1, 0.15) is 101 Å². The smallest absolute Gasteiger partial charge is 0.315 e. The fourth-order valence-corrected chi connectivity index (χ4v) is 10.8. The Morgan fingerprint density at radius 3 is 2.29 bits per heavy atom. The van der Waals surface area contributed by atoms with Crippen molar-refractivity contribution in [3.05, 3.63) is 113 Å². The molecule has 348 valence electrons. The lowest BCUT2D eigenvalue weighted by atomic mass is 9.95. The van der Waals surface area contributed by atoms with Gasteiger partial charge in [0.1, 0.15) is 6.04 Å². The first-order valence-corrected chi connectivity index (χ1v) is 23.7. The van der Waals surface area contributed by atoms with Crippen molar-refractivity contribution >= 4 is 51.8 Å². The second-order valence-corrected chi connectivity index (χ2v) is 20.1. The summed E-state index contributed by atoms with van der Waals surface area (Å²) < 4.78 is 5.21. The molecule has 5 aliphatic rings. The Bertz CT molecular complexity index is 3020. The van der Waals surface area contributed by atoms with Crippen LogP contribution in [0.15, 0.2) is 83.4 Å². The molecular formula is C52H54N10O6. The third kappa shape index (κ3) is 7.89. The van der Waals surface area contributed by atoms with Crippen LogP contribution in [0.3, 0.4) is 0 Å². The monoisotopic (exact) mass is 914 g/mol. The number of fused-ring (bicyclic) bond motifs is 4. The number of aryl methyl sites for hydroxylation is 1. The summed E-state index contributed by atoms with van der Waals surface area (Å²) in [4.78, 5) is 76.6. The third-order valence-corrected chi connectivity index (χ3v) is 14.7. The number of amides is 5. The summed E-state index contributed by atoms with van der Waals surface area (Å²) in [5, 5.41) is 18.1. The van der Waals surface area contributed by atoms with Gasteiger partial charge in [-0.2, -0.15) is 10.1 Å². The number of carbonyl (C=O) groups excluding carboxylic acids is 5. The van der Waals surface area contributed by atoms with Crippen LogP contribution in [0.4, 0.5) is 11.4 Å². The van der Waals surface area contributed by atoms with Crippen molar-refractivity contribution in [2.75, 3.05) is 42.5 Å². The van der Waals surface area contributed by atoms with E-state index in [0.29, 0.717) is 41.5 Å². The highest BCUT2D eigenvalue weighted by Gasteiger charge is 2.47. The molecule has 5 aliphatic heterocycles. The molecule has 1 unspecified atom stereocenters. The molecule has 11 rings (SSSR count). The number of likely N-dealkylation sites (tertiary alicyclic amines) is 1. The molecule has 0 aliphatic carbocycles. The molecule has 0 radical (unpaired) electrons. The van der Waals surface area contributed by atoms with Crippen molar-refractivity contribution < 1.29 is 28.5 Å². The number of anilines is 2. The lowest BCUT2D eigenvalue weighted by molar-refractivity contribution is -0.136. The van der Waals surface area contributed by atoms with Crippen LogP contribution in [-0.4, -0.2) is 111 Å². The van der Waals surface area contributed by atoms with E-state index in [0.717, 1.165) is 107 Å². The van der Waals surface area contributed by atoms with Crippen molar-refractivity contribution in [1.82, 2.24) is 40.8 Å². The summed E-state index contributed by atoms with van der Waals surface area (Å²) in [5.41, 5.74) is 9.59. The first-order valence-electron chi connectivity index (χ1n) is 23.7. The van der Waals surface area contributed by atoms with E-state index in [1.165, 1.54) is 5.69 Å². The number of hydrogen-bond donors (Lipinski definition) is 3. The maximum absolute atomic E-state index is 13.5. The zero-order valence-corrected chi connectivity index (χ0v) is 38.7. The number of carbonyl (C=O) groups is 5. The molecule has 68 heavy (non-hydrogen) atoms. The fraction of sp³-hybridized carbons (Fsp3) is 0.385. The Morgan fingerprint density at radius 1 is 0.824 bits per heavy atom. The van der Waals surface area contributed by atoms with Crippen LogP contribution < -0.4 is 20.4 Å². The van der Waals surface area contributed by atoms with Gasteiger partial charge in [0, 0.05) is 85.5 Å². The highest BCUT2D eigenvalue weighted by molar-refractivity contribution is 6.23. The first kappa shape index (κ1) is 43.4. The molecule has 0 saturated carbocycles. The van der Waals surface area contributed by atoms with Gasteiger partial charge in [-0.1, -0.05) is 56.3 Å². The highest BCUT2D eigenvalue weighted by Crippen LogP contribution is 2.39.